The molecule has 1 amide bonds. The Morgan fingerprint density at radius 3 is 3.13 bits per heavy atom. The van der Waals surface area contributed by atoms with Gasteiger partial charge >= 0.3 is 0 Å². The number of aromatic nitrogens is 2. The molecule has 1 spiro atoms. The van der Waals surface area contributed by atoms with Crippen LogP contribution in [0.2, 0.25) is 5.02 Å². The lowest BCUT2D eigenvalue weighted by atomic mass is 9.57. The van der Waals surface area contributed by atoms with Gasteiger partial charge in [-0.25, -0.2) is 0 Å². The Balaban J connectivity index is 1.41. The predicted molar refractivity (Wildman–Crippen MR) is 86.4 cm³/mol. The van der Waals surface area contributed by atoms with Crippen molar-refractivity contribution in [3.05, 3.63) is 28.9 Å². The highest BCUT2D eigenvalue weighted by Gasteiger charge is 2.73. The number of carbonyl (C=O) groups is 1. The quantitative estimate of drug-likeness (QED) is 0.872. The van der Waals surface area contributed by atoms with Crippen LogP contribution < -0.4 is 0 Å². The molecule has 5 atom stereocenters. The number of aromatic amines is 1. The van der Waals surface area contributed by atoms with Crippen LogP contribution in [0, 0.1) is 11.3 Å². The third-order valence-electron chi connectivity index (χ3n) is 6.97. The molecule has 23 heavy (non-hydrogen) atoms. The number of amides is 1. The van der Waals surface area contributed by atoms with E-state index in [2.05, 4.69) is 20.0 Å². The monoisotopic (exact) mass is 328 g/mol. The molecule has 1 unspecified atom stereocenters. The molecule has 1 aromatic carbocycles. The topological polar surface area (TPSA) is 52.2 Å². The third-order valence-corrected chi connectivity index (χ3v) is 7.21. The Morgan fingerprint density at radius 2 is 2.26 bits per heavy atom. The van der Waals surface area contributed by atoms with E-state index in [-0.39, 0.29) is 5.91 Å². The van der Waals surface area contributed by atoms with Crippen molar-refractivity contribution in [2.24, 2.45) is 11.3 Å². The minimum Gasteiger partial charge on any atom is -0.332 e. The van der Waals surface area contributed by atoms with E-state index in [4.69, 9.17) is 11.6 Å². The summed E-state index contributed by atoms with van der Waals surface area (Å²) in [6, 6.07) is 6.68. The predicted octanol–water partition coefficient (Wildman–Crippen LogP) is 2.13. The van der Waals surface area contributed by atoms with Crippen molar-refractivity contribution < 1.29 is 4.79 Å². The average Bonchev–Trinajstić information content (AvgIpc) is 3.18. The zero-order chi connectivity index (χ0) is 15.3. The largest absolute Gasteiger partial charge is 0.332 e. The first-order chi connectivity index (χ1) is 11.2. The minimum absolute atomic E-state index is 0.0832. The molecule has 4 fully saturated rings. The van der Waals surface area contributed by atoms with Crippen LogP contribution in [-0.4, -0.2) is 57.6 Å². The highest BCUT2D eigenvalue weighted by molar-refractivity contribution is 6.31. The highest BCUT2D eigenvalue weighted by atomic mass is 35.5. The molecule has 2 aromatic rings. The summed E-state index contributed by atoms with van der Waals surface area (Å²) in [7, 11) is 0. The number of halogens is 1. The van der Waals surface area contributed by atoms with Crippen LogP contribution in [0.15, 0.2) is 18.2 Å². The Kier molecular flexibility index (Phi) is 2.17. The van der Waals surface area contributed by atoms with Gasteiger partial charge in [-0.1, -0.05) is 11.6 Å². The second-order valence-electron chi connectivity index (χ2n) is 7.54. The summed E-state index contributed by atoms with van der Waals surface area (Å²) < 4.78 is 0. The van der Waals surface area contributed by atoms with Crippen molar-refractivity contribution in [2.75, 3.05) is 19.6 Å². The van der Waals surface area contributed by atoms with Gasteiger partial charge in [0.2, 0.25) is 0 Å². The van der Waals surface area contributed by atoms with Crippen molar-refractivity contribution >= 4 is 28.4 Å². The Hall–Kier alpha value is -1.59. The average molecular weight is 329 g/mol. The first-order valence-corrected chi connectivity index (χ1v) is 8.75. The number of rotatable bonds is 1. The van der Waals surface area contributed by atoms with Crippen LogP contribution in [0.3, 0.4) is 0 Å². The zero-order valence-electron chi connectivity index (χ0n) is 12.6. The molecule has 1 aromatic heterocycles. The van der Waals surface area contributed by atoms with Crippen molar-refractivity contribution in [2.45, 2.75) is 24.9 Å². The summed E-state index contributed by atoms with van der Waals surface area (Å²) in [6.07, 6.45) is 2.55. The highest BCUT2D eigenvalue weighted by Crippen LogP contribution is 2.67. The van der Waals surface area contributed by atoms with Crippen LogP contribution in [0.5, 0.6) is 0 Å². The number of benzene rings is 1. The fourth-order valence-electron chi connectivity index (χ4n) is 5.96. The molecule has 6 rings (SSSR count). The SMILES string of the molecule is O=C(c1n[nH]c2cc(Cl)ccc12)N1C[C@@H]2C[C@@H]3N4CC[C@]23[C@@H]1C4. The summed E-state index contributed by atoms with van der Waals surface area (Å²) in [5, 5.41) is 8.79. The van der Waals surface area contributed by atoms with Crippen molar-refractivity contribution in [1.82, 2.24) is 20.0 Å². The molecule has 3 saturated heterocycles. The van der Waals surface area contributed by atoms with E-state index in [0.717, 1.165) is 30.0 Å². The van der Waals surface area contributed by atoms with Crippen molar-refractivity contribution in [3.8, 4) is 0 Å². The first-order valence-electron chi connectivity index (χ1n) is 8.37. The Labute approximate surface area is 138 Å². The number of H-pyrrole nitrogens is 1. The molecule has 6 heteroatoms. The fourth-order valence-corrected chi connectivity index (χ4v) is 6.13. The maximum absolute atomic E-state index is 13.2. The minimum atomic E-state index is 0.0832. The van der Waals surface area contributed by atoms with Gasteiger partial charge in [-0.15, -0.1) is 0 Å². The van der Waals surface area contributed by atoms with Crippen LogP contribution in [0.4, 0.5) is 0 Å². The second-order valence-corrected chi connectivity index (χ2v) is 7.98. The van der Waals surface area contributed by atoms with E-state index in [1.165, 1.54) is 19.4 Å². The van der Waals surface area contributed by atoms with E-state index in [1.54, 1.807) is 0 Å². The summed E-state index contributed by atoms with van der Waals surface area (Å²) >= 11 is 6.03. The number of fused-ring (bicyclic) bond motifs is 1. The lowest BCUT2D eigenvalue weighted by Crippen LogP contribution is -2.51. The number of nitrogens with one attached hydrogen (secondary N) is 1. The van der Waals surface area contributed by atoms with Gasteiger partial charge in [-0.2, -0.15) is 5.10 Å². The molecule has 3 aliphatic heterocycles. The molecule has 4 heterocycles. The third kappa shape index (κ3) is 1.32. The van der Waals surface area contributed by atoms with Crippen LogP contribution in [0.25, 0.3) is 10.9 Å². The number of hydrogen-bond donors (Lipinski definition) is 1. The maximum Gasteiger partial charge on any atom is 0.275 e. The molecule has 5 nitrogen and oxygen atoms in total. The van der Waals surface area contributed by atoms with Gasteiger partial charge in [0.05, 0.1) is 11.6 Å². The smallest absolute Gasteiger partial charge is 0.275 e. The summed E-state index contributed by atoms with van der Waals surface area (Å²) in [5.74, 6) is 0.786. The van der Waals surface area contributed by atoms with Crippen molar-refractivity contribution in [1.29, 1.82) is 0 Å². The van der Waals surface area contributed by atoms with E-state index in [1.807, 2.05) is 18.2 Å². The number of carbonyl (C=O) groups excluding carboxylic acids is 1. The number of piperidine rings is 1. The summed E-state index contributed by atoms with van der Waals surface area (Å²) in [4.78, 5) is 17.9. The van der Waals surface area contributed by atoms with Gasteiger partial charge in [-0.3, -0.25) is 14.8 Å². The van der Waals surface area contributed by atoms with Crippen molar-refractivity contribution in [3.63, 3.8) is 0 Å². The van der Waals surface area contributed by atoms with Crippen LogP contribution in [0.1, 0.15) is 23.3 Å². The summed E-state index contributed by atoms with van der Waals surface area (Å²) in [5.41, 5.74) is 1.78. The maximum atomic E-state index is 13.2. The molecule has 2 bridgehead atoms. The zero-order valence-corrected chi connectivity index (χ0v) is 13.4. The van der Waals surface area contributed by atoms with E-state index < -0.39 is 0 Å². The van der Waals surface area contributed by atoms with Gasteiger partial charge < -0.3 is 4.90 Å². The van der Waals surface area contributed by atoms with Gasteiger partial charge in [0.1, 0.15) is 0 Å². The molecule has 0 radical (unpaired) electrons. The van der Waals surface area contributed by atoms with Gasteiger partial charge in [0.25, 0.3) is 5.91 Å². The van der Waals surface area contributed by atoms with Gasteiger partial charge in [-0.05, 0) is 43.5 Å². The van der Waals surface area contributed by atoms with E-state index in [9.17, 15) is 4.79 Å². The second kappa shape index (κ2) is 3.90. The molecular formula is C17H17ClN4O. The normalized spacial score (nSPS) is 39.8. The summed E-state index contributed by atoms with van der Waals surface area (Å²) in [6.45, 7) is 3.19. The number of nitrogens with zero attached hydrogens (tertiary/aromatic N) is 3. The van der Waals surface area contributed by atoms with Crippen LogP contribution in [-0.2, 0) is 0 Å². The van der Waals surface area contributed by atoms with E-state index in [0.29, 0.717) is 28.1 Å². The molecular weight excluding hydrogens is 312 g/mol. The number of hydrogen-bond acceptors (Lipinski definition) is 3. The molecule has 4 aliphatic rings. The molecule has 1 saturated carbocycles. The lowest BCUT2D eigenvalue weighted by Gasteiger charge is -2.46. The lowest BCUT2D eigenvalue weighted by molar-refractivity contribution is 0.0484. The Morgan fingerprint density at radius 1 is 1.35 bits per heavy atom. The fraction of sp³-hybridized carbons (Fsp3) is 0.529. The standard InChI is InChI=1S/C17H17ClN4O/c18-10-1-2-11-12(6-10)19-20-15(11)16(23)22-7-9-5-13-17(9)3-4-21(13)8-14(17)22/h1-2,6,9,13-14H,3-5,7-8H2,(H,19,20)/t9-,13-,14-,17-/m0/s1. The van der Waals surface area contributed by atoms with Gasteiger partial charge in [0, 0.05) is 35.0 Å². The van der Waals surface area contributed by atoms with E-state index >= 15 is 0 Å². The van der Waals surface area contributed by atoms with Crippen LogP contribution >= 0.6 is 11.6 Å². The molecule has 1 N–H and O–H groups in total. The molecule has 118 valence electrons. The van der Waals surface area contributed by atoms with Gasteiger partial charge in [0.15, 0.2) is 5.69 Å². The number of likely N-dealkylation sites (tertiary alicyclic amines) is 1. The molecule has 1 aliphatic carbocycles. The first kappa shape index (κ1) is 12.8. The Bertz CT molecular complexity index is 863.